The average molecular weight is 466 g/mol. The normalized spacial score (nSPS) is 32.0. The monoisotopic (exact) mass is 465 g/mol. The smallest absolute Gasteiger partial charge is 0.381 e. The van der Waals surface area contributed by atoms with Gasteiger partial charge in [0.1, 0.15) is 0 Å². The molecular formula is C25H34F3N3O2. The molecule has 1 N–H and O–H groups in total. The average Bonchev–Trinajstić information content (AvgIpc) is 3.39. The van der Waals surface area contributed by atoms with E-state index in [1.54, 1.807) is 6.07 Å². The second-order valence-corrected chi connectivity index (χ2v) is 10.3. The summed E-state index contributed by atoms with van der Waals surface area (Å²) >= 11 is 0. The van der Waals surface area contributed by atoms with E-state index in [-0.39, 0.29) is 18.1 Å². The first kappa shape index (κ1) is 23.0. The number of piperidine rings is 1. The van der Waals surface area contributed by atoms with Gasteiger partial charge in [0.25, 0.3) is 0 Å². The number of rotatable bonds is 3. The molecule has 2 unspecified atom stereocenters. The molecule has 0 saturated carbocycles. The van der Waals surface area contributed by atoms with Crippen LogP contribution in [0, 0.1) is 5.41 Å². The Morgan fingerprint density at radius 1 is 1.12 bits per heavy atom. The summed E-state index contributed by atoms with van der Waals surface area (Å²) in [7, 11) is 0. The van der Waals surface area contributed by atoms with Gasteiger partial charge in [0.05, 0.1) is 17.6 Å². The van der Waals surface area contributed by atoms with Crippen molar-refractivity contribution in [3.63, 3.8) is 0 Å². The van der Waals surface area contributed by atoms with Gasteiger partial charge in [-0.15, -0.1) is 0 Å². The first-order chi connectivity index (χ1) is 15.8. The maximum absolute atomic E-state index is 14.3. The van der Waals surface area contributed by atoms with Crippen LogP contribution in [0.3, 0.4) is 0 Å². The molecule has 5 nitrogen and oxygen atoms in total. The van der Waals surface area contributed by atoms with Crippen molar-refractivity contribution in [2.75, 3.05) is 44.3 Å². The molecule has 1 aromatic rings. The minimum Gasteiger partial charge on any atom is -0.381 e. The molecule has 1 aromatic carbocycles. The van der Waals surface area contributed by atoms with Gasteiger partial charge in [-0.25, -0.2) is 0 Å². The van der Waals surface area contributed by atoms with Gasteiger partial charge in [0.2, 0.25) is 5.91 Å². The fourth-order valence-electron chi connectivity index (χ4n) is 6.68. The van der Waals surface area contributed by atoms with Crippen molar-refractivity contribution in [1.82, 2.24) is 10.2 Å². The summed E-state index contributed by atoms with van der Waals surface area (Å²) in [4.78, 5) is 17.4. The number of amides is 1. The summed E-state index contributed by atoms with van der Waals surface area (Å²) in [6, 6.07) is 5.87. The molecule has 33 heavy (non-hydrogen) atoms. The number of hydrogen-bond donors (Lipinski definition) is 1. The molecule has 0 radical (unpaired) electrons. The van der Waals surface area contributed by atoms with E-state index in [1.807, 2.05) is 6.07 Å². The third-order valence-electron chi connectivity index (χ3n) is 8.57. The fraction of sp³-hybridized carbons (Fsp3) is 0.720. The lowest BCUT2D eigenvalue weighted by atomic mass is 9.67. The van der Waals surface area contributed by atoms with Crippen molar-refractivity contribution < 1.29 is 22.7 Å². The highest BCUT2D eigenvalue weighted by atomic mass is 19.4. The Hall–Kier alpha value is -1.80. The first-order valence-electron chi connectivity index (χ1n) is 12.4. The molecule has 1 amide bonds. The van der Waals surface area contributed by atoms with Gasteiger partial charge >= 0.3 is 6.18 Å². The third kappa shape index (κ3) is 4.14. The van der Waals surface area contributed by atoms with Crippen molar-refractivity contribution in [3.05, 3.63) is 29.3 Å². The van der Waals surface area contributed by atoms with Gasteiger partial charge in [-0.1, -0.05) is 6.07 Å². The third-order valence-corrected chi connectivity index (χ3v) is 8.57. The predicted molar refractivity (Wildman–Crippen MR) is 120 cm³/mol. The molecule has 0 aromatic heterocycles. The zero-order chi connectivity index (χ0) is 23.2. The lowest BCUT2D eigenvalue weighted by Gasteiger charge is -2.41. The van der Waals surface area contributed by atoms with Crippen molar-refractivity contribution in [1.29, 1.82) is 0 Å². The molecule has 8 heteroatoms. The van der Waals surface area contributed by atoms with Crippen molar-refractivity contribution in [2.24, 2.45) is 5.41 Å². The van der Waals surface area contributed by atoms with E-state index in [9.17, 15) is 18.0 Å². The molecule has 4 fully saturated rings. The summed E-state index contributed by atoms with van der Waals surface area (Å²) in [5.74, 6) is -0.715. The molecule has 4 heterocycles. The summed E-state index contributed by atoms with van der Waals surface area (Å²) < 4.78 is 48.4. The number of hydrogen-bond acceptors (Lipinski definition) is 4. The molecule has 0 bridgehead atoms. The van der Waals surface area contributed by atoms with E-state index >= 15 is 0 Å². The number of likely N-dealkylation sites (tertiary alicyclic amines) is 1. The molecule has 4 saturated heterocycles. The zero-order valence-electron chi connectivity index (χ0n) is 19.3. The topological polar surface area (TPSA) is 44.8 Å². The van der Waals surface area contributed by atoms with Gasteiger partial charge in [-0.05, 0) is 69.7 Å². The van der Waals surface area contributed by atoms with E-state index in [1.165, 1.54) is 18.9 Å². The lowest BCUT2D eigenvalue weighted by Crippen LogP contribution is -2.46. The van der Waals surface area contributed by atoms with Crippen LogP contribution in [0.1, 0.15) is 62.5 Å². The van der Waals surface area contributed by atoms with Crippen molar-refractivity contribution in [2.45, 2.75) is 69.6 Å². The van der Waals surface area contributed by atoms with Crippen LogP contribution in [0.25, 0.3) is 0 Å². The molecule has 3 atom stereocenters. The molecule has 4 aliphatic heterocycles. The molecule has 1 spiro atoms. The maximum atomic E-state index is 14.3. The number of anilines is 1. The van der Waals surface area contributed by atoms with Crippen LogP contribution in [0.5, 0.6) is 0 Å². The number of halogens is 3. The second-order valence-electron chi connectivity index (χ2n) is 10.3. The SMILES string of the molecule is C[C@H]1CCCN1C1CCN(c2ccc(C3COCCC34CCNC4=O)c(C(F)(F)F)c2)CC1. The standard InChI is InChI=1S/C25H34F3N3O2/c1-17-3-2-11-31(17)18-6-12-30(13-7-18)19-4-5-20(21(15-19)25(26,27)28)22-16-33-14-9-24(22)8-10-29-23(24)32/h4-5,15,17-18,22H,2-3,6-14,16H2,1H3,(H,29,32)/t17-,22?,24?/m0/s1. The number of ether oxygens (including phenoxy) is 1. The van der Waals surface area contributed by atoms with Gasteiger partial charge in [-0.2, -0.15) is 13.2 Å². The number of carbonyl (C=O) groups excluding carboxylic acids is 1. The van der Waals surface area contributed by atoms with Gasteiger partial charge in [0.15, 0.2) is 0 Å². The van der Waals surface area contributed by atoms with Crippen molar-refractivity contribution in [3.8, 4) is 0 Å². The molecule has 5 rings (SSSR count). The Balaban J connectivity index is 1.40. The van der Waals surface area contributed by atoms with Crippen LogP contribution in [-0.2, 0) is 15.7 Å². The highest BCUT2D eigenvalue weighted by Crippen LogP contribution is 2.50. The molecular weight excluding hydrogens is 431 g/mol. The summed E-state index contributed by atoms with van der Waals surface area (Å²) in [6.07, 6.45) is 0.971. The largest absolute Gasteiger partial charge is 0.416 e. The van der Waals surface area contributed by atoms with Gasteiger partial charge in [-0.3, -0.25) is 9.69 Å². The number of nitrogens with one attached hydrogen (secondary N) is 1. The van der Waals surface area contributed by atoms with Crippen LogP contribution in [-0.4, -0.2) is 62.3 Å². The van der Waals surface area contributed by atoms with E-state index in [0.717, 1.165) is 32.5 Å². The summed E-state index contributed by atoms with van der Waals surface area (Å²) in [5.41, 5.74) is -0.598. The Labute approximate surface area is 193 Å². The number of nitrogens with zero attached hydrogens (tertiary/aromatic N) is 2. The van der Waals surface area contributed by atoms with Crippen LogP contribution < -0.4 is 10.2 Å². The fourth-order valence-corrected chi connectivity index (χ4v) is 6.68. The zero-order valence-corrected chi connectivity index (χ0v) is 19.3. The highest BCUT2D eigenvalue weighted by molar-refractivity contribution is 5.86. The van der Waals surface area contributed by atoms with E-state index < -0.39 is 23.1 Å². The molecule has 0 aliphatic carbocycles. The number of benzene rings is 1. The van der Waals surface area contributed by atoms with Crippen LogP contribution in [0.4, 0.5) is 18.9 Å². The predicted octanol–water partition coefficient (Wildman–Crippen LogP) is 4.17. The van der Waals surface area contributed by atoms with Crippen molar-refractivity contribution >= 4 is 11.6 Å². The van der Waals surface area contributed by atoms with Crippen LogP contribution >= 0.6 is 0 Å². The Morgan fingerprint density at radius 3 is 2.55 bits per heavy atom. The highest BCUT2D eigenvalue weighted by Gasteiger charge is 2.52. The minimum atomic E-state index is -4.48. The number of alkyl halides is 3. The van der Waals surface area contributed by atoms with Gasteiger partial charge < -0.3 is 15.0 Å². The molecule has 4 aliphatic rings. The van der Waals surface area contributed by atoms with E-state index in [2.05, 4.69) is 22.0 Å². The summed E-state index contributed by atoms with van der Waals surface area (Å²) in [5, 5.41) is 2.84. The Morgan fingerprint density at radius 2 is 1.91 bits per heavy atom. The van der Waals surface area contributed by atoms with Crippen LogP contribution in [0.2, 0.25) is 0 Å². The maximum Gasteiger partial charge on any atom is 0.416 e. The second kappa shape index (κ2) is 8.77. The summed E-state index contributed by atoms with van der Waals surface area (Å²) in [6.45, 7) is 6.02. The van der Waals surface area contributed by atoms with Gasteiger partial charge in [0, 0.05) is 49.9 Å². The minimum absolute atomic E-state index is 0.133. The number of carbonyl (C=O) groups is 1. The van der Waals surface area contributed by atoms with Crippen LogP contribution in [0.15, 0.2) is 18.2 Å². The molecule has 182 valence electrons. The Bertz CT molecular complexity index is 884. The van der Waals surface area contributed by atoms with E-state index in [0.29, 0.717) is 43.8 Å². The first-order valence-corrected chi connectivity index (χ1v) is 12.4. The lowest BCUT2D eigenvalue weighted by molar-refractivity contribution is -0.142. The van der Waals surface area contributed by atoms with E-state index in [4.69, 9.17) is 4.74 Å². The Kier molecular flexibility index (Phi) is 6.10. The quantitative estimate of drug-likeness (QED) is 0.728.